The highest BCUT2D eigenvalue weighted by atomic mass is 35.7. The van der Waals surface area contributed by atoms with Crippen LogP contribution in [0.4, 0.5) is 0 Å². The van der Waals surface area contributed by atoms with Crippen molar-refractivity contribution in [3.05, 3.63) is 29.6 Å². The lowest BCUT2D eigenvalue weighted by molar-refractivity contribution is -2.00. The molecule has 1 aromatic heterocycles. The van der Waals surface area contributed by atoms with Crippen molar-refractivity contribution in [2.75, 3.05) is 13.1 Å². The molecule has 0 radical (unpaired) electrons. The largest absolute Gasteiger partial charge is 0.412 e. The third kappa shape index (κ3) is 15.2. The summed E-state index contributed by atoms with van der Waals surface area (Å²) < 4.78 is 67.9. The number of halogens is 2. The van der Waals surface area contributed by atoms with Crippen LogP contribution in [-0.4, -0.2) is 29.0 Å². The Bertz CT molecular complexity index is 477. The van der Waals surface area contributed by atoms with Gasteiger partial charge in [-0.15, -0.1) is 20.5 Å². The van der Waals surface area contributed by atoms with Gasteiger partial charge in [-0.2, -0.15) is 0 Å². The number of rotatable bonds is 2. The molecule has 0 aliphatic carbocycles. The quantitative estimate of drug-likeness (QED) is 0.428. The molecule has 2 aliphatic heterocycles. The van der Waals surface area contributed by atoms with Crippen molar-refractivity contribution in [2.24, 2.45) is 0 Å². The van der Waals surface area contributed by atoms with Gasteiger partial charge in [-0.3, -0.25) is 0 Å². The van der Waals surface area contributed by atoms with Crippen LogP contribution in [0.1, 0.15) is 49.2 Å². The number of quaternary nitrogens is 2. The smallest absolute Gasteiger partial charge is 0.129 e. The first-order valence-electron chi connectivity index (χ1n) is 7.80. The molecule has 3 rings (SSSR count). The summed E-state index contributed by atoms with van der Waals surface area (Å²) in [6, 6.07) is 7.84. The van der Waals surface area contributed by atoms with Crippen LogP contribution in [0.15, 0.2) is 18.2 Å². The molecular formula is C13H25Cl2N3O10. The van der Waals surface area contributed by atoms with Gasteiger partial charge in [0.1, 0.15) is 12.1 Å². The number of hydrogen-bond donors (Lipinski definition) is 2. The molecule has 15 heteroatoms. The average molecular weight is 454 g/mol. The Balaban J connectivity index is 0. The molecule has 0 spiro atoms. The summed E-state index contributed by atoms with van der Waals surface area (Å²) >= 11 is 0. The molecule has 0 unspecified atom stereocenters. The van der Waals surface area contributed by atoms with Crippen molar-refractivity contribution in [3.8, 4) is 0 Å². The predicted octanol–water partition coefficient (Wildman–Crippen LogP) is -11.3. The summed E-state index contributed by atoms with van der Waals surface area (Å²) in [5, 5.41) is 4.87. The van der Waals surface area contributed by atoms with Gasteiger partial charge in [0, 0.05) is 25.7 Å². The number of nitrogens with zero attached hydrogens (tertiary/aromatic N) is 1. The summed E-state index contributed by atoms with van der Waals surface area (Å²) in [6.07, 6.45) is 5.27. The molecule has 0 saturated carbocycles. The Labute approximate surface area is 165 Å². The van der Waals surface area contributed by atoms with Gasteiger partial charge >= 0.3 is 0 Å². The Hall–Kier alpha value is -0.750. The molecule has 1 aromatic rings. The zero-order chi connectivity index (χ0) is 19.8. The summed E-state index contributed by atoms with van der Waals surface area (Å²) in [5.41, 5.74) is 2.60. The summed E-state index contributed by atoms with van der Waals surface area (Å²) in [5.74, 6) is 0. The first kappa shape index (κ1) is 29.5. The SMILES string of the molecule is O.O.[O-][Cl+3]([O-])([O-])[O-].[O-][Cl+3]([O-])([O-])[O-].c1cc([C@@H]2CCC[NH2+]2)nc([C@H]2CCC[NH2+]2)c1. The minimum atomic E-state index is -4.94. The van der Waals surface area contributed by atoms with Crippen LogP contribution in [0.5, 0.6) is 0 Å². The zero-order valence-electron chi connectivity index (χ0n) is 14.8. The van der Waals surface area contributed by atoms with Crippen LogP contribution in [-0.2, 0) is 0 Å². The van der Waals surface area contributed by atoms with Crippen LogP contribution in [0.2, 0.25) is 0 Å². The van der Waals surface area contributed by atoms with Crippen molar-refractivity contribution in [2.45, 2.75) is 37.8 Å². The van der Waals surface area contributed by atoms with E-state index in [1.54, 1.807) is 0 Å². The molecule has 0 aromatic carbocycles. The van der Waals surface area contributed by atoms with Crippen molar-refractivity contribution in [3.63, 3.8) is 0 Å². The van der Waals surface area contributed by atoms with Crippen molar-refractivity contribution in [1.29, 1.82) is 0 Å². The summed E-state index contributed by atoms with van der Waals surface area (Å²) in [4.78, 5) is 4.87. The maximum absolute atomic E-state index is 8.49. The Kier molecular flexibility index (Phi) is 14.2. The van der Waals surface area contributed by atoms with Gasteiger partial charge in [-0.25, -0.2) is 42.3 Å². The molecule has 28 heavy (non-hydrogen) atoms. The van der Waals surface area contributed by atoms with Crippen molar-refractivity contribution in [1.82, 2.24) is 4.98 Å². The Morgan fingerprint density at radius 3 is 1.29 bits per heavy atom. The van der Waals surface area contributed by atoms with Crippen LogP contribution in [0.25, 0.3) is 0 Å². The molecular weight excluding hydrogens is 429 g/mol. The number of aromatic nitrogens is 1. The molecule has 0 amide bonds. The summed E-state index contributed by atoms with van der Waals surface area (Å²) in [6.45, 7) is 2.54. The van der Waals surface area contributed by atoms with Gasteiger partial charge in [0.05, 0.1) is 24.5 Å². The van der Waals surface area contributed by atoms with Crippen molar-refractivity contribution < 1.29 is 79.3 Å². The van der Waals surface area contributed by atoms with Crippen LogP contribution < -0.4 is 47.9 Å². The van der Waals surface area contributed by atoms with E-state index in [0.717, 1.165) is 0 Å². The fraction of sp³-hybridized carbons (Fsp3) is 0.615. The van der Waals surface area contributed by atoms with Crippen LogP contribution in [0, 0.1) is 20.5 Å². The second-order valence-corrected chi connectivity index (χ2v) is 7.30. The van der Waals surface area contributed by atoms with E-state index in [0.29, 0.717) is 12.1 Å². The third-order valence-electron chi connectivity index (χ3n) is 3.89. The highest BCUT2D eigenvalue weighted by molar-refractivity contribution is 5.15. The van der Waals surface area contributed by atoms with E-state index < -0.39 is 20.5 Å². The molecule has 2 aliphatic rings. The van der Waals surface area contributed by atoms with E-state index in [2.05, 4.69) is 28.8 Å². The van der Waals surface area contributed by atoms with Crippen molar-refractivity contribution >= 4 is 0 Å². The normalized spacial score (nSPS) is 21.3. The maximum atomic E-state index is 8.49. The molecule has 0 bridgehead atoms. The maximum Gasteiger partial charge on any atom is 0.129 e. The number of hydrogen-bond acceptors (Lipinski definition) is 9. The molecule has 3 heterocycles. The zero-order valence-corrected chi connectivity index (χ0v) is 16.3. The molecule has 2 saturated heterocycles. The molecule has 2 fully saturated rings. The number of nitrogens with two attached hydrogens (primary N) is 2. The molecule has 13 nitrogen and oxygen atoms in total. The average Bonchev–Trinajstić information content (AvgIpc) is 3.18. The second-order valence-electron chi connectivity index (χ2n) is 5.79. The monoisotopic (exact) mass is 453 g/mol. The first-order chi connectivity index (χ1) is 11.9. The molecule has 2 atom stereocenters. The van der Waals surface area contributed by atoms with E-state index in [1.807, 2.05) is 0 Å². The van der Waals surface area contributed by atoms with E-state index in [1.165, 1.54) is 50.2 Å². The van der Waals surface area contributed by atoms with E-state index >= 15 is 0 Å². The fourth-order valence-electron chi connectivity index (χ4n) is 2.97. The first-order valence-corrected chi connectivity index (χ1v) is 10.3. The lowest BCUT2D eigenvalue weighted by Gasteiger charge is -2.17. The van der Waals surface area contributed by atoms with Crippen LogP contribution >= 0.6 is 0 Å². The second kappa shape index (κ2) is 13.5. The minimum Gasteiger partial charge on any atom is -0.412 e. The van der Waals surface area contributed by atoms with E-state index in [-0.39, 0.29) is 11.0 Å². The summed E-state index contributed by atoms with van der Waals surface area (Å²) in [7, 11) is -9.89. The fourth-order valence-corrected chi connectivity index (χ4v) is 2.97. The van der Waals surface area contributed by atoms with E-state index in [4.69, 9.17) is 42.3 Å². The van der Waals surface area contributed by atoms with Gasteiger partial charge in [0.25, 0.3) is 0 Å². The standard InChI is InChI=1S/C13H19N3.2ClHO4.2H2O/c1-4-12(10-6-2-8-14-10)16-13(5-1)11-7-3-9-15-11;2*2-1(3,4)5;;/h1,4-5,10-11,14-15H,2-3,6-9H2;2*(H,2,3,4,5);2*1H2/t10-,11+;;;;. The lowest BCUT2D eigenvalue weighted by atomic mass is 10.1. The van der Waals surface area contributed by atoms with Gasteiger partial charge < -0.3 is 21.6 Å². The van der Waals surface area contributed by atoms with E-state index in [9.17, 15) is 0 Å². The highest BCUT2D eigenvalue weighted by Crippen LogP contribution is 2.20. The highest BCUT2D eigenvalue weighted by Gasteiger charge is 2.25. The number of pyridine rings is 1. The third-order valence-corrected chi connectivity index (χ3v) is 3.89. The van der Waals surface area contributed by atoms with Gasteiger partial charge in [0.2, 0.25) is 0 Å². The van der Waals surface area contributed by atoms with Gasteiger partial charge in [-0.1, -0.05) is 6.07 Å². The minimum absolute atomic E-state index is 0. The Morgan fingerprint density at radius 2 is 1.04 bits per heavy atom. The lowest BCUT2D eigenvalue weighted by Crippen LogP contribution is -2.82. The Morgan fingerprint density at radius 1 is 0.714 bits per heavy atom. The molecule has 8 N–H and O–H groups in total. The van der Waals surface area contributed by atoms with Gasteiger partial charge in [0.15, 0.2) is 0 Å². The predicted molar refractivity (Wildman–Crippen MR) is 69.0 cm³/mol. The topological polar surface area (TPSA) is 294 Å². The molecule has 166 valence electrons. The van der Waals surface area contributed by atoms with Crippen LogP contribution in [0.3, 0.4) is 0 Å². The van der Waals surface area contributed by atoms with Gasteiger partial charge in [-0.05, 0) is 12.1 Å².